The first-order valence-electron chi connectivity index (χ1n) is 7.50. The minimum absolute atomic E-state index is 0.162. The van der Waals surface area contributed by atoms with Gasteiger partial charge in [-0.2, -0.15) is 0 Å². The maximum absolute atomic E-state index is 14.1. The van der Waals surface area contributed by atoms with Gasteiger partial charge in [-0.3, -0.25) is 0 Å². The lowest BCUT2D eigenvalue weighted by molar-refractivity contribution is 0.283. The zero-order valence-corrected chi connectivity index (χ0v) is 12.7. The first-order chi connectivity index (χ1) is 9.69. The van der Waals surface area contributed by atoms with E-state index in [1.807, 2.05) is 24.1 Å². The Kier molecular flexibility index (Phi) is 8.23. The molecule has 0 spiro atoms. The summed E-state index contributed by atoms with van der Waals surface area (Å²) in [6.45, 7) is 4.82. The van der Waals surface area contributed by atoms with Crippen LogP contribution >= 0.6 is 0 Å². The Hall–Kier alpha value is -1.13. The SMILES string of the molecule is CCCNCc1ccc(N(C)CCCCCO)c(F)c1. The van der Waals surface area contributed by atoms with E-state index in [4.69, 9.17) is 5.11 Å². The van der Waals surface area contributed by atoms with E-state index >= 15 is 0 Å². The van der Waals surface area contributed by atoms with Gasteiger partial charge in [0, 0.05) is 26.7 Å². The molecule has 0 amide bonds. The van der Waals surface area contributed by atoms with E-state index in [-0.39, 0.29) is 12.4 Å². The normalized spacial score (nSPS) is 10.8. The molecule has 3 nitrogen and oxygen atoms in total. The number of unbranched alkanes of at least 4 members (excludes halogenated alkanes) is 2. The highest BCUT2D eigenvalue weighted by molar-refractivity contribution is 5.48. The molecule has 0 unspecified atom stereocenters. The van der Waals surface area contributed by atoms with Gasteiger partial charge < -0.3 is 15.3 Å². The third kappa shape index (κ3) is 5.88. The van der Waals surface area contributed by atoms with Gasteiger partial charge in [-0.1, -0.05) is 13.0 Å². The van der Waals surface area contributed by atoms with Gasteiger partial charge in [-0.05, 0) is 49.9 Å². The summed E-state index contributed by atoms with van der Waals surface area (Å²) in [7, 11) is 1.91. The summed E-state index contributed by atoms with van der Waals surface area (Å²) in [6, 6.07) is 5.44. The van der Waals surface area contributed by atoms with E-state index in [9.17, 15) is 4.39 Å². The molecule has 1 aromatic rings. The van der Waals surface area contributed by atoms with Crippen LogP contribution in [-0.4, -0.2) is 31.9 Å². The van der Waals surface area contributed by atoms with Gasteiger partial charge in [-0.25, -0.2) is 4.39 Å². The van der Waals surface area contributed by atoms with E-state index in [0.717, 1.165) is 44.3 Å². The first kappa shape index (κ1) is 16.9. The van der Waals surface area contributed by atoms with Gasteiger partial charge in [-0.15, -0.1) is 0 Å². The van der Waals surface area contributed by atoms with E-state index in [0.29, 0.717) is 12.2 Å². The van der Waals surface area contributed by atoms with Crippen molar-refractivity contribution in [1.29, 1.82) is 0 Å². The minimum atomic E-state index is -0.162. The molecule has 0 aromatic heterocycles. The minimum Gasteiger partial charge on any atom is -0.396 e. The van der Waals surface area contributed by atoms with Crippen LogP contribution in [0.2, 0.25) is 0 Å². The number of benzene rings is 1. The zero-order valence-electron chi connectivity index (χ0n) is 12.7. The van der Waals surface area contributed by atoms with Gasteiger partial charge in [0.15, 0.2) is 0 Å². The van der Waals surface area contributed by atoms with Crippen LogP contribution in [0.25, 0.3) is 0 Å². The van der Waals surface area contributed by atoms with Crippen molar-refractivity contribution in [2.24, 2.45) is 0 Å². The number of rotatable bonds is 10. The molecule has 0 aliphatic rings. The molecule has 0 saturated carbocycles. The maximum Gasteiger partial charge on any atom is 0.146 e. The van der Waals surface area contributed by atoms with Crippen LogP contribution in [-0.2, 0) is 6.54 Å². The fourth-order valence-electron chi connectivity index (χ4n) is 2.14. The summed E-state index contributed by atoms with van der Waals surface area (Å²) in [5.41, 5.74) is 1.63. The monoisotopic (exact) mass is 282 g/mol. The van der Waals surface area contributed by atoms with Gasteiger partial charge >= 0.3 is 0 Å². The third-order valence-electron chi connectivity index (χ3n) is 3.33. The molecule has 2 N–H and O–H groups in total. The Balaban J connectivity index is 2.49. The van der Waals surface area contributed by atoms with Crippen molar-refractivity contribution < 1.29 is 9.50 Å². The quantitative estimate of drug-likeness (QED) is 0.648. The molecule has 114 valence electrons. The van der Waals surface area contributed by atoms with Gasteiger partial charge in [0.1, 0.15) is 5.82 Å². The van der Waals surface area contributed by atoms with Crippen LogP contribution in [0.5, 0.6) is 0 Å². The standard InChI is InChI=1S/C16H27FN2O/c1-3-9-18-13-14-7-8-16(15(17)12-14)19(2)10-5-4-6-11-20/h7-8,12,18,20H,3-6,9-11,13H2,1-2H3. The number of nitrogens with one attached hydrogen (secondary N) is 1. The summed E-state index contributed by atoms with van der Waals surface area (Å²) in [6.07, 6.45) is 3.84. The molecule has 1 rings (SSSR count). The van der Waals surface area contributed by atoms with Crippen LogP contribution in [0.15, 0.2) is 18.2 Å². The summed E-state index contributed by atoms with van der Waals surface area (Å²) >= 11 is 0. The van der Waals surface area contributed by atoms with Crippen molar-refractivity contribution in [2.45, 2.75) is 39.2 Å². The largest absolute Gasteiger partial charge is 0.396 e. The fraction of sp³-hybridized carbons (Fsp3) is 0.625. The van der Waals surface area contributed by atoms with Crippen molar-refractivity contribution in [1.82, 2.24) is 5.32 Å². The molecular weight excluding hydrogens is 255 g/mol. The van der Waals surface area contributed by atoms with Gasteiger partial charge in [0.2, 0.25) is 0 Å². The Morgan fingerprint density at radius 3 is 2.70 bits per heavy atom. The van der Waals surface area contributed by atoms with Gasteiger partial charge in [0.05, 0.1) is 5.69 Å². The highest BCUT2D eigenvalue weighted by Gasteiger charge is 2.08. The Morgan fingerprint density at radius 2 is 2.05 bits per heavy atom. The number of halogens is 1. The van der Waals surface area contributed by atoms with Crippen molar-refractivity contribution in [3.63, 3.8) is 0 Å². The summed E-state index contributed by atoms with van der Waals surface area (Å²) in [5.74, 6) is -0.162. The van der Waals surface area contributed by atoms with Crippen LogP contribution in [0.3, 0.4) is 0 Å². The molecule has 0 fully saturated rings. The fourth-order valence-corrected chi connectivity index (χ4v) is 2.14. The van der Waals surface area contributed by atoms with Gasteiger partial charge in [0.25, 0.3) is 0 Å². The summed E-state index contributed by atoms with van der Waals surface area (Å²) in [5, 5.41) is 12.0. The lowest BCUT2D eigenvalue weighted by atomic mass is 10.1. The Morgan fingerprint density at radius 1 is 1.25 bits per heavy atom. The molecule has 0 atom stereocenters. The highest BCUT2D eigenvalue weighted by atomic mass is 19.1. The second kappa shape index (κ2) is 9.72. The Bertz CT molecular complexity index is 385. The van der Waals surface area contributed by atoms with Crippen LogP contribution in [0, 0.1) is 5.82 Å². The number of hydrogen-bond donors (Lipinski definition) is 2. The number of aliphatic hydroxyl groups is 1. The molecule has 0 radical (unpaired) electrons. The molecule has 0 aliphatic carbocycles. The number of aliphatic hydroxyl groups excluding tert-OH is 1. The highest BCUT2D eigenvalue weighted by Crippen LogP contribution is 2.20. The van der Waals surface area contributed by atoms with E-state index < -0.39 is 0 Å². The first-order valence-corrected chi connectivity index (χ1v) is 7.50. The summed E-state index contributed by atoms with van der Waals surface area (Å²) in [4.78, 5) is 1.94. The second-order valence-electron chi connectivity index (χ2n) is 5.17. The van der Waals surface area contributed by atoms with Crippen LogP contribution in [0.4, 0.5) is 10.1 Å². The average Bonchev–Trinajstić information content (AvgIpc) is 2.44. The predicted molar refractivity (Wildman–Crippen MR) is 82.6 cm³/mol. The number of nitrogens with zero attached hydrogens (tertiary/aromatic N) is 1. The average molecular weight is 282 g/mol. The Labute approximate surface area is 121 Å². The molecule has 0 aliphatic heterocycles. The van der Waals surface area contributed by atoms with E-state index in [1.165, 1.54) is 0 Å². The smallest absolute Gasteiger partial charge is 0.146 e. The van der Waals surface area contributed by atoms with Crippen molar-refractivity contribution in [2.75, 3.05) is 31.6 Å². The lowest BCUT2D eigenvalue weighted by Crippen LogP contribution is -2.20. The van der Waals surface area contributed by atoms with Crippen molar-refractivity contribution >= 4 is 5.69 Å². The van der Waals surface area contributed by atoms with Crippen LogP contribution < -0.4 is 10.2 Å². The van der Waals surface area contributed by atoms with E-state index in [2.05, 4.69) is 12.2 Å². The molecule has 0 saturated heterocycles. The number of anilines is 1. The maximum atomic E-state index is 14.1. The molecule has 20 heavy (non-hydrogen) atoms. The predicted octanol–water partition coefficient (Wildman–Crippen LogP) is 2.92. The van der Waals surface area contributed by atoms with Crippen molar-refractivity contribution in [3.05, 3.63) is 29.6 Å². The lowest BCUT2D eigenvalue weighted by Gasteiger charge is -2.20. The molecule has 0 heterocycles. The summed E-state index contributed by atoms with van der Waals surface area (Å²) < 4.78 is 14.1. The molecule has 1 aromatic carbocycles. The van der Waals surface area contributed by atoms with Crippen LogP contribution in [0.1, 0.15) is 38.2 Å². The number of hydrogen-bond acceptors (Lipinski definition) is 3. The molecule has 4 heteroatoms. The third-order valence-corrected chi connectivity index (χ3v) is 3.33. The second-order valence-corrected chi connectivity index (χ2v) is 5.17. The molecular formula is C16H27FN2O. The van der Waals surface area contributed by atoms with Crippen molar-refractivity contribution in [3.8, 4) is 0 Å². The zero-order chi connectivity index (χ0) is 14.8. The van der Waals surface area contributed by atoms with E-state index in [1.54, 1.807) is 6.07 Å². The topological polar surface area (TPSA) is 35.5 Å². The molecule has 0 bridgehead atoms.